The quantitative estimate of drug-likeness (QED) is 0.642. The molecule has 0 spiro atoms. The molecule has 0 radical (unpaired) electrons. The van der Waals surface area contributed by atoms with Crippen molar-refractivity contribution >= 4 is 6.29 Å². The second-order valence-electron chi connectivity index (χ2n) is 3.10. The number of hydrogen-bond donors (Lipinski definition) is 0. The highest BCUT2D eigenvalue weighted by Gasteiger charge is 2.10. The molecule has 1 aromatic carbocycles. The van der Waals surface area contributed by atoms with Crippen LogP contribution in [0.5, 0.6) is 0 Å². The van der Waals surface area contributed by atoms with E-state index >= 15 is 0 Å². The zero-order valence-electron chi connectivity index (χ0n) is 7.74. The lowest BCUT2D eigenvalue weighted by Crippen LogP contribution is -1.99. The van der Waals surface area contributed by atoms with Gasteiger partial charge in [0.1, 0.15) is 12.2 Å². The van der Waals surface area contributed by atoms with Gasteiger partial charge in [0.2, 0.25) is 0 Å². The van der Waals surface area contributed by atoms with Crippen molar-refractivity contribution in [3.8, 4) is 6.07 Å². The van der Waals surface area contributed by atoms with Crippen molar-refractivity contribution in [1.82, 2.24) is 0 Å². The molecule has 0 aliphatic heterocycles. The Bertz CT molecular complexity index is 363. The summed E-state index contributed by atoms with van der Waals surface area (Å²) in [6, 6.07) is 7.69. The highest BCUT2D eigenvalue weighted by molar-refractivity contribution is 5.67. The average molecular weight is 173 g/mol. The average Bonchev–Trinajstić information content (AvgIpc) is 2.10. The molecule has 66 valence electrons. The van der Waals surface area contributed by atoms with Crippen LogP contribution in [-0.2, 0) is 4.79 Å². The van der Waals surface area contributed by atoms with E-state index in [0.29, 0.717) is 6.29 Å². The molecule has 0 aliphatic rings. The minimum Gasteiger partial charge on any atom is -0.302 e. The first-order chi connectivity index (χ1) is 6.19. The molecule has 0 bridgehead atoms. The second kappa shape index (κ2) is 3.86. The number of aryl methyl sites for hydroxylation is 2. The van der Waals surface area contributed by atoms with Gasteiger partial charge in [-0.25, -0.2) is 0 Å². The SMILES string of the molecule is Cc1ccc(C(C#N)C=O)c(C)c1. The maximum absolute atomic E-state index is 10.6. The third kappa shape index (κ3) is 1.94. The Hall–Kier alpha value is -1.62. The number of rotatable bonds is 2. The molecule has 1 unspecified atom stereocenters. The van der Waals surface area contributed by atoms with Crippen LogP contribution in [0, 0.1) is 25.2 Å². The Labute approximate surface area is 77.8 Å². The predicted octanol–water partition coefficient (Wildman–Crippen LogP) is 2.11. The van der Waals surface area contributed by atoms with Gasteiger partial charge in [0, 0.05) is 0 Å². The number of benzene rings is 1. The van der Waals surface area contributed by atoms with E-state index in [1.807, 2.05) is 38.1 Å². The van der Waals surface area contributed by atoms with Gasteiger partial charge in [-0.2, -0.15) is 5.26 Å². The Kier molecular flexibility index (Phi) is 2.81. The number of carbonyl (C=O) groups is 1. The van der Waals surface area contributed by atoms with Crippen molar-refractivity contribution in [2.45, 2.75) is 19.8 Å². The lowest BCUT2D eigenvalue weighted by molar-refractivity contribution is -0.108. The molecular formula is C11H11NO. The number of nitrogens with zero attached hydrogens (tertiary/aromatic N) is 1. The predicted molar refractivity (Wildman–Crippen MR) is 50.3 cm³/mol. The zero-order chi connectivity index (χ0) is 9.84. The summed E-state index contributed by atoms with van der Waals surface area (Å²) < 4.78 is 0. The van der Waals surface area contributed by atoms with Crippen LogP contribution >= 0.6 is 0 Å². The molecule has 0 saturated carbocycles. The van der Waals surface area contributed by atoms with Gasteiger partial charge in [-0.05, 0) is 25.0 Å². The summed E-state index contributed by atoms with van der Waals surface area (Å²) in [4.78, 5) is 10.6. The van der Waals surface area contributed by atoms with E-state index in [2.05, 4.69) is 0 Å². The molecule has 0 fully saturated rings. The summed E-state index contributed by atoms with van der Waals surface area (Å²) in [7, 11) is 0. The smallest absolute Gasteiger partial charge is 0.141 e. The molecule has 0 heterocycles. The van der Waals surface area contributed by atoms with Gasteiger partial charge in [-0.3, -0.25) is 0 Å². The highest BCUT2D eigenvalue weighted by Crippen LogP contribution is 2.18. The molecule has 0 N–H and O–H groups in total. The standard InChI is InChI=1S/C11H11NO/c1-8-3-4-11(9(2)5-8)10(6-12)7-13/h3-5,7,10H,1-2H3. The molecule has 0 aliphatic carbocycles. The molecule has 0 amide bonds. The van der Waals surface area contributed by atoms with Crippen LogP contribution in [-0.4, -0.2) is 6.29 Å². The Morgan fingerprint density at radius 2 is 2.15 bits per heavy atom. The fraction of sp³-hybridized carbons (Fsp3) is 0.273. The van der Waals surface area contributed by atoms with Crippen LogP contribution < -0.4 is 0 Å². The summed E-state index contributed by atoms with van der Waals surface area (Å²) in [6.45, 7) is 3.90. The molecule has 0 saturated heterocycles. The van der Waals surface area contributed by atoms with Gasteiger partial charge in [0.25, 0.3) is 0 Å². The van der Waals surface area contributed by atoms with Gasteiger partial charge in [-0.15, -0.1) is 0 Å². The summed E-state index contributed by atoms with van der Waals surface area (Å²) >= 11 is 0. The maximum Gasteiger partial charge on any atom is 0.141 e. The van der Waals surface area contributed by atoms with E-state index in [1.54, 1.807) is 0 Å². The Balaban J connectivity index is 3.16. The first-order valence-corrected chi connectivity index (χ1v) is 4.11. The summed E-state index contributed by atoms with van der Waals surface area (Å²) in [5, 5.41) is 8.69. The van der Waals surface area contributed by atoms with Crippen molar-refractivity contribution in [3.63, 3.8) is 0 Å². The van der Waals surface area contributed by atoms with Crippen LogP contribution in [0.4, 0.5) is 0 Å². The fourth-order valence-corrected chi connectivity index (χ4v) is 1.35. The number of hydrogen-bond acceptors (Lipinski definition) is 2. The first-order valence-electron chi connectivity index (χ1n) is 4.11. The van der Waals surface area contributed by atoms with E-state index in [-0.39, 0.29) is 0 Å². The van der Waals surface area contributed by atoms with Crippen molar-refractivity contribution in [2.75, 3.05) is 0 Å². The Morgan fingerprint density at radius 3 is 2.62 bits per heavy atom. The van der Waals surface area contributed by atoms with Gasteiger partial charge in [0.15, 0.2) is 0 Å². The number of aldehydes is 1. The molecule has 1 aromatic rings. The monoisotopic (exact) mass is 173 g/mol. The normalized spacial score (nSPS) is 11.8. The van der Waals surface area contributed by atoms with Crippen LogP contribution in [0.2, 0.25) is 0 Å². The van der Waals surface area contributed by atoms with Gasteiger partial charge in [0.05, 0.1) is 6.07 Å². The minimum atomic E-state index is -0.624. The number of carbonyl (C=O) groups excluding carboxylic acids is 1. The molecule has 2 heteroatoms. The van der Waals surface area contributed by atoms with Gasteiger partial charge in [-0.1, -0.05) is 23.8 Å². The first kappa shape index (κ1) is 9.47. The van der Waals surface area contributed by atoms with E-state index in [9.17, 15) is 4.79 Å². The van der Waals surface area contributed by atoms with E-state index < -0.39 is 5.92 Å². The van der Waals surface area contributed by atoms with Crippen molar-refractivity contribution < 1.29 is 4.79 Å². The summed E-state index contributed by atoms with van der Waals surface area (Å²) in [5.74, 6) is -0.624. The van der Waals surface area contributed by atoms with Gasteiger partial charge >= 0.3 is 0 Å². The minimum absolute atomic E-state index is 0.624. The topological polar surface area (TPSA) is 40.9 Å². The van der Waals surface area contributed by atoms with Crippen LogP contribution in [0.15, 0.2) is 18.2 Å². The molecule has 13 heavy (non-hydrogen) atoms. The summed E-state index contributed by atoms with van der Waals surface area (Å²) in [6.07, 6.45) is 0.678. The fourth-order valence-electron chi connectivity index (χ4n) is 1.35. The zero-order valence-corrected chi connectivity index (χ0v) is 7.74. The lowest BCUT2D eigenvalue weighted by atomic mass is 9.96. The second-order valence-corrected chi connectivity index (χ2v) is 3.10. The molecule has 1 atom stereocenters. The van der Waals surface area contributed by atoms with Crippen LogP contribution in [0.1, 0.15) is 22.6 Å². The van der Waals surface area contributed by atoms with Crippen LogP contribution in [0.25, 0.3) is 0 Å². The van der Waals surface area contributed by atoms with Crippen molar-refractivity contribution in [3.05, 3.63) is 34.9 Å². The van der Waals surface area contributed by atoms with E-state index in [1.165, 1.54) is 0 Å². The van der Waals surface area contributed by atoms with Crippen molar-refractivity contribution in [1.29, 1.82) is 5.26 Å². The molecular weight excluding hydrogens is 162 g/mol. The summed E-state index contributed by atoms with van der Waals surface area (Å²) in [5.41, 5.74) is 2.95. The molecule has 2 nitrogen and oxygen atoms in total. The highest BCUT2D eigenvalue weighted by atomic mass is 16.1. The third-order valence-electron chi connectivity index (χ3n) is 2.04. The molecule has 1 rings (SSSR count). The van der Waals surface area contributed by atoms with E-state index in [4.69, 9.17) is 5.26 Å². The van der Waals surface area contributed by atoms with Crippen molar-refractivity contribution in [2.24, 2.45) is 0 Å². The maximum atomic E-state index is 10.6. The van der Waals surface area contributed by atoms with Gasteiger partial charge < -0.3 is 4.79 Å². The third-order valence-corrected chi connectivity index (χ3v) is 2.04. The largest absolute Gasteiger partial charge is 0.302 e. The van der Waals surface area contributed by atoms with E-state index in [0.717, 1.165) is 16.7 Å². The molecule has 0 aromatic heterocycles. The number of nitriles is 1. The van der Waals surface area contributed by atoms with Crippen LogP contribution in [0.3, 0.4) is 0 Å². The lowest BCUT2D eigenvalue weighted by Gasteiger charge is -2.06. The Morgan fingerprint density at radius 1 is 1.46 bits per heavy atom.